The van der Waals surface area contributed by atoms with E-state index in [1.807, 2.05) is 7.05 Å². The third-order valence-corrected chi connectivity index (χ3v) is 2.64. The first-order chi connectivity index (χ1) is 6.09. The third-order valence-electron chi connectivity index (χ3n) is 2.64. The van der Waals surface area contributed by atoms with E-state index in [4.69, 9.17) is 5.11 Å². The molecular formula is C9H16FNO2. The Hall–Kier alpha value is -0.640. The van der Waals surface area contributed by atoms with Gasteiger partial charge in [-0.05, 0) is 38.9 Å². The van der Waals surface area contributed by atoms with Gasteiger partial charge in [0.1, 0.15) is 6.17 Å². The molecule has 1 atom stereocenters. The number of alkyl halides is 1. The van der Waals surface area contributed by atoms with Gasteiger partial charge in [-0.1, -0.05) is 0 Å². The fourth-order valence-electron chi connectivity index (χ4n) is 1.72. The molecular weight excluding hydrogens is 173 g/mol. The second kappa shape index (κ2) is 4.56. The van der Waals surface area contributed by atoms with Gasteiger partial charge in [-0.3, -0.25) is 4.79 Å². The van der Waals surface area contributed by atoms with Crippen molar-refractivity contribution < 1.29 is 14.3 Å². The van der Waals surface area contributed by atoms with Crippen LogP contribution in [0.1, 0.15) is 19.3 Å². The van der Waals surface area contributed by atoms with Crippen LogP contribution in [-0.4, -0.2) is 42.3 Å². The van der Waals surface area contributed by atoms with Crippen LogP contribution in [0.4, 0.5) is 4.39 Å². The van der Waals surface area contributed by atoms with E-state index in [0.717, 1.165) is 25.9 Å². The first-order valence-electron chi connectivity index (χ1n) is 4.64. The summed E-state index contributed by atoms with van der Waals surface area (Å²) >= 11 is 0. The summed E-state index contributed by atoms with van der Waals surface area (Å²) in [5, 5.41) is 8.42. The maximum atomic E-state index is 13.3. The van der Waals surface area contributed by atoms with E-state index in [9.17, 15) is 9.18 Å². The van der Waals surface area contributed by atoms with E-state index >= 15 is 0 Å². The van der Waals surface area contributed by atoms with Gasteiger partial charge in [-0.2, -0.15) is 0 Å². The Bertz CT molecular complexity index is 178. The summed E-state index contributed by atoms with van der Waals surface area (Å²) in [6.07, 6.45) is 0.0655. The Morgan fingerprint density at radius 1 is 1.62 bits per heavy atom. The number of hydrogen-bond donors (Lipinski definition) is 1. The number of hydrogen-bond acceptors (Lipinski definition) is 2. The third kappa shape index (κ3) is 3.30. The van der Waals surface area contributed by atoms with Crippen LogP contribution < -0.4 is 0 Å². The molecule has 1 N–H and O–H groups in total. The number of carbonyl (C=O) groups is 1. The largest absolute Gasteiger partial charge is 0.481 e. The van der Waals surface area contributed by atoms with E-state index in [0.29, 0.717) is 0 Å². The fourth-order valence-corrected chi connectivity index (χ4v) is 1.72. The molecule has 1 aliphatic rings. The molecule has 0 aromatic rings. The van der Waals surface area contributed by atoms with Crippen LogP contribution in [0.3, 0.4) is 0 Å². The lowest BCUT2D eigenvalue weighted by molar-refractivity contribution is -0.139. The van der Waals surface area contributed by atoms with Gasteiger partial charge in [0, 0.05) is 0 Å². The van der Waals surface area contributed by atoms with Gasteiger partial charge in [0.05, 0.1) is 6.42 Å². The first kappa shape index (κ1) is 10.4. The number of piperidine rings is 1. The lowest BCUT2D eigenvalue weighted by Gasteiger charge is -2.30. The highest BCUT2D eigenvalue weighted by Crippen LogP contribution is 2.23. The van der Waals surface area contributed by atoms with Crippen LogP contribution in [0.25, 0.3) is 0 Å². The van der Waals surface area contributed by atoms with Crippen molar-refractivity contribution in [3.05, 3.63) is 0 Å². The molecule has 0 bridgehead atoms. The van der Waals surface area contributed by atoms with Crippen LogP contribution in [0.2, 0.25) is 0 Å². The Morgan fingerprint density at radius 2 is 2.15 bits per heavy atom. The zero-order valence-corrected chi connectivity index (χ0v) is 7.87. The van der Waals surface area contributed by atoms with Gasteiger partial charge in [-0.25, -0.2) is 4.39 Å². The predicted octanol–water partition coefficient (Wildman–Crippen LogP) is 1.14. The summed E-state index contributed by atoms with van der Waals surface area (Å²) in [6.45, 7) is 1.76. The minimum atomic E-state index is -1.16. The highest BCUT2D eigenvalue weighted by Gasteiger charge is 2.26. The van der Waals surface area contributed by atoms with Gasteiger partial charge in [0.25, 0.3) is 0 Å². The van der Waals surface area contributed by atoms with Crippen molar-refractivity contribution in [3.8, 4) is 0 Å². The van der Waals surface area contributed by atoms with E-state index in [1.165, 1.54) is 0 Å². The number of halogens is 1. The Balaban J connectivity index is 2.31. The van der Waals surface area contributed by atoms with Gasteiger partial charge in [0.15, 0.2) is 0 Å². The summed E-state index contributed by atoms with van der Waals surface area (Å²) in [5.74, 6) is -1.08. The van der Waals surface area contributed by atoms with E-state index in [-0.39, 0.29) is 12.3 Å². The summed E-state index contributed by atoms with van der Waals surface area (Å²) in [4.78, 5) is 12.4. The van der Waals surface area contributed by atoms with E-state index < -0.39 is 12.1 Å². The second-order valence-electron chi connectivity index (χ2n) is 3.75. The number of rotatable bonds is 3. The molecule has 1 unspecified atom stereocenters. The lowest BCUT2D eigenvalue weighted by Crippen LogP contribution is -2.34. The van der Waals surface area contributed by atoms with Crippen molar-refractivity contribution in [2.24, 2.45) is 5.92 Å². The Kier molecular flexibility index (Phi) is 3.66. The molecule has 1 rings (SSSR count). The zero-order chi connectivity index (χ0) is 9.84. The second-order valence-corrected chi connectivity index (χ2v) is 3.75. The maximum absolute atomic E-state index is 13.3. The smallest absolute Gasteiger partial charge is 0.306 e. The summed E-state index contributed by atoms with van der Waals surface area (Å²) in [5.41, 5.74) is 0. The topological polar surface area (TPSA) is 40.5 Å². The average Bonchev–Trinajstić information content (AvgIpc) is 2.04. The fraction of sp³-hybridized carbons (Fsp3) is 0.889. The number of nitrogens with zero attached hydrogens (tertiary/aromatic N) is 1. The van der Waals surface area contributed by atoms with Gasteiger partial charge in [-0.15, -0.1) is 0 Å². The minimum absolute atomic E-state index is 0.0488. The molecule has 1 saturated heterocycles. The van der Waals surface area contributed by atoms with Crippen molar-refractivity contribution in [2.75, 3.05) is 20.1 Å². The quantitative estimate of drug-likeness (QED) is 0.723. The van der Waals surface area contributed by atoms with Crippen LogP contribution >= 0.6 is 0 Å². The summed E-state index contributed by atoms with van der Waals surface area (Å²) < 4.78 is 13.3. The van der Waals surface area contributed by atoms with Crippen LogP contribution in [0.15, 0.2) is 0 Å². The normalized spacial score (nSPS) is 22.9. The molecule has 0 aromatic heterocycles. The highest BCUT2D eigenvalue weighted by atomic mass is 19.1. The minimum Gasteiger partial charge on any atom is -0.481 e. The first-order valence-corrected chi connectivity index (χ1v) is 4.64. The molecule has 0 amide bonds. The molecule has 1 heterocycles. The molecule has 0 aromatic carbocycles. The molecule has 76 valence electrons. The highest BCUT2D eigenvalue weighted by molar-refractivity contribution is 5.67. The van der Waals surface area contributed by atoms with Crippen molar-refractivity contribution in [3.63, 3.8) is 0 Å². The molecule has 3 nitrogen and oxygen atoms in total. The predicted molar refractivity (Wildman–Crippen MR) is 47.4 cm³/mol. The Labute approximate surface area is 77.5 Å². The monoisotopic (exact) mass is 189 g/mol. The van der Waals surface area contributed by atoms with Crippen LogP contribution in [-0.2, 0) is 4.79 Å². The molecule has 13 heavy (non-hydrogen) atoms. The number of aliphatic carboxylic acids is 1. The molecule has 1 aliphatic heterocycles. The van der Waals surface area contributed by atoms with Crippen LogP contribution in [0.5, 0.6) is 0 Å². The molecule has 0 spiro atoms. The number of carboxylic acid groups (broad SMARTS) is 1. The van der Waals surface area contributed by atoms with Crippen molar-refractivity contribution in [2.45, 2.75) is 25.4 Å². The van der Waals surface area contributed by atoms with Crippen molar-refractivity contribution >= 4 is 5.97 Å². The zero-order valence-electron chi connectivity index (χ0n) is 7.87. The molecule has 1 fully saturated rings. The number of carboxylic acids is 1. The van der Waals surface area contributed by atoms with E-state index in [1.54, 1.807) is 0 Å². The van der Waals surface area contributed by atoms with Gasteiger partial charge >= 0.3 is 5.97 Å². The number of likely N-dealkylation sites (tertiary alicyclic amines) is 1. The van der Waals surface area contributed by atoms with Gasteiger partial charge in [0.2, 0.25) is 0 Å². The molecule has 4 heteroatoms. The molecule has 0 saturated carbocycles. The van der Waals surface area contributed by atoms with Crippen molar-refractivity contribution in [1.82, 2.24) is 4.90 Å². The maximum Gasteiger partial charge on any atom is 0.306 e. The van der Waals surface area contributed by atoms with Crippen molar-refractivity contribution in [1.29, 1.82) is 0 Å². The Morgan fingerprint density at radius 3 is 2.62 bits per heavy atom. The summed E-state index contributed by atoms with van der Waals surface area (Å²) in [7, 11) is 2.00. The average molecular weight is 189 g/mol. The summed E-state index contributed by atoms with van der Waals surface area (Å²) in [6, 6.07) is 0. The van der Waals surface area contributed by atoms with Crippen LogP contribution in [0, 0.1) is 5.92 Å². The van der Waals surface area contributed by atoms with Gasteiger partial charge < -0.3 is 10.0 Å². The lowest BCUT2D eigenvalue weighted by atomic mass is 9.91. The molecule has 0 radical (unpaired) electrons. The molecule has 0 aliphatic carbocycles. The SMILES string of the molecule is CN1CCC(C(F)CC(=O)O)CC1. The van der Waals surface area contributed by atoms with E-state index in [2.05, 4.69) is 4.90 Å². The standard InChI is InChI=1S/C9H16FNO2/c1-11-4-2-7(3-5-11)8(10)6-9(12)13/h7-8H,2-6H2,1H3,(H,12,13).